The van der Waals surface area contributed by atoms with E-state index in [1.165, 1.54) is 9.91 Å². The average molecular weight is 606 g/mol. The summed E-state index contributed by atoms with van der Waals surface area (Å²) in [5, 5.41) is 15.2. The monoisotopic (exact) mass is 605 g/mol. The molecule has 7 rings (SSSR count). The van der Waals surface area contributed by atoms with Gasteiger partial charge in [-0.15, -0.1) is 5.10 Å². The number of nitriles is 1. The van der Waals surface area contributed by atoms with E-state index < -0.39 is 5.91 Å². The number of imide groups is 1. The van der Waals surface area contributed by atoms with Gasteiger partial charge in [-0.25, -0.2) is 4.90 Å². The Morgan fingerprint density at radius 3 is 1.63 bits per heavy atom. The first-order valence-corrected chi connectivity index (χ1v) is 14.6. The first-order valence-electron chi connectivity index (χ1n) is 14.6. The molecule has 0 atom stereocenters. The number of anilines is 3. The Morgan fingerprint density at radius 1 is 0.609 bits per heavy atom. The zero-order valence-corrected chi connectivity index (χ0v) is 24.8. The second-order valence-electron chi connectivity index (χ2n) is 10.7. The molecule has 4 aromatic carbocycles. The first-order chi connectivity index (χ1) is 22.4. The smallest absolute Gasteiger partial charge is 0.274 e. The molecule has 3 aliphatic rings. The second-order valence-corrected chi connectivity index (χ2v) is 10.7. The highest BCUT2D eigenvalue weighted by Gasteiger charge is 2.42. The van der Waals surface area contributed by atoms with Gasteiger partial charge in [0.1, 0.15) is 11.6 Å². The summed E-state index contributed by atoms with van der Waals surface area (Å²) < 4.78 is 0. The predicted octanol–water partition coefficient (Wildman–Crippen LogP) is 6.03. The molecule has 0 N–H and O–H groups in total. The molecule has 0 unspecified atom stereocenters. The van der Waals surface area contributed by atoms with Crippen LogP contribution in [0.15, 0.2) is 143 Å². The Balaban J connectivity index is 0.000000162. The van der Waals surface area contributed by atoms with Crippen LogP contribution in [-0.2, 0) is 19.2 Å². The van der Waals surface area contributed by atoms with Crippen molar-refractivity contribution in [2.75, 3.05) is 14.8 Å². The topological polar surface area (TPSA) is 114 Å². The average Bonchev–Trinajstić information content (AvgIpc) is 3.43. The lowest BCUT2D eigenvalue weighted by Crippen LogP contribution is -2.41. The van der Waals surface area contributed by atoms with E-state index in [1.54, 1.807) is 42.5 Å². The number of para-hydroxylation sites is 3. The third kappa shape index (κ3) is 5.51. The molecule has 0 fully saturated rings. The fourth-order valence-corrected chi connectivity index (χ4v) is 5.53. The third-order valence-electron chi connectivity index (χ3n) is 7.69. The van der Waals surface area contributed by atoms with E-state index in [9.17, 15) is 24.4 Å². The molecule has 0 spiro atoms. The Kier molecular flexibility index (Phi) is 8.18. The molecule has 0 aromatic heterocycles. The summed E-state index contributed by atoms with van der Waals surface area (Å²) in [4.78, 5) is 53.0. The second kappa shape index (κ2) is 12.7. The van der Waals surface area contributed by atoms with Crippen molar-refractivity contribution in [3.8, 4) is 6.07 Å². The van der Waals surface area contributed by atoms with E-state index in [0.717, 1.165) is 16.0 Å². The van der Waals surface area contributed by atoms with Crippen molar-refractivity contribution >= 4 is 52.1 Å². The molecule has 0 radical (unpaired) electrons. The minimum absolute atomic E-state index is 0.0228. The van der Waals surface area contributed by atoms with Crippen molar-refractivity contribution in [3.05, 3.63) is 144 Å². The first kappa shape index (κ1) is 29.7. The van der Waals surface area contributed by atoms with Crippen LogP contribution in [0.2, 0.25) is 0 Å². The summed E-state index contributed by atoms with van der Waals surface area (Å²) in [6.45, 7) is 1.82. The van der Waals surface area contributed by atoms with Gasteiger partial charge in [-0.05, 0) is 60.0 Å². The summed E-state index contributed by atoms with van der Waals surface area (Å²) in [5.74, 6) is -0.757. The normalized spacial score (nSPS) is 16.2. The van der Waals surface area contributed by atoms with Crippen LogP contribution < -0.4 is 14.8 Å². The number of carbonyl (C=O) groups is 4. The molecule has 0 saturated carbocycles. The SMILES string of the molecule is CC1=C2C(=O)N(c3ccccc3)N=C2N(c2ccccc2)C(=O)C1.N#CC1=C(c2ccccc2)CC(=O)N(c2ccccc2)C1=O. The summed E-state index contributed by atoms with van der Waals surface area (Å²) in [7, 11) is 0. The predicted molar refractivity (Wildman–Crippen MR) is 175 cm³/mol. The van der Waals surface area contributed by atoms with Gasteiger partial charge >= 0.3 is 0 Å². The van der Waals surface area contributed by atoms with Gasteiger partial charge in [0.2, 0.25) is 11.8 Å². The zero-order valence-electron chi connectivity index (χ0n) is 24.8. The van der Waals surface area contributed by atoms with Gasteiger partial charge in [-0.1, -0.05) is 84.9 Å². The molecule has 4 amide bonds. The number of hydrogen-bond donors (Lipinski definition) is 0. The van der Waals surface area contributed by atoms with Gasteiger partial charge in [0.05, 0.1) is 29.1 Å². The van der Waals surface area contributed by atoms with Crippen LogP contribution in [0.3, 0.4) is 0 Å². The molecule has 224 valence electrons. The van der Waals surface area contributed by atoms with Crippen molar-refractivity contribution in [2.45, 2.75) is 19.8 Å². The summed E-state index contributed by atoms with van der Waals surface area (Å²) in [6, 6.07) is 38.2. The van der Waals surface area contributed by atoms with E-state index in [4.69, 9.17) is 0 Å². The van der Waals surface area contributed by atoms with Gasteiger partial charge in [0.25, 0.3) is 11.8 Å². The quantitative estimate of drug-likeness (QED) is 0.264. The van der Waals surface area contributed by atoms with Crippen LogP contribution in [0, 0.1) is 11.3 Å². The van der Waals surface area contributed by atoms with E-state index in [2.05, 4.69) is 5.10 Å². The Hall–Kier alpha value is -6.40. The van der Waals surface area contributed by atoms with Gasteiger partial charge in [-0.3, -0.25) is 24.1 Å². The Bertz CT molecular complexity index is 1980. The van der Waals surface area contributed by atoms with E-state index in [0.29, 0.717) is 34.0 Å². The fraction of sp³-hybridized carbons (Fsp3) is 0.0811. The lowest BCUT2D eigenvalue weighted by Gasteiger charge is -2.27. The minimum Gasteiger partial charge on any atom is -0.274 e. The van der Waals surface area contributed by atoms with Gasteiger partial charge < -0.3 is 0 Å². The van der Waals surface area contributed by atoms with Crippen molar-refractivity contribution in [3.63, 3.8) is 0 Å². The maximum Gasteiger partial charge on any atom is 0.282 e. The van der Waals surface area contributed by atoms with Gasteiger partial charge in [-0.2, -0.15) is 10.3 Å². The van der Waals surface area contributed by atoms with Crippen LogP contribution in [0.1, 0.15) is 25.3 Å². The molecular formula is C37H27N5O4. The molecule has 0 saturated heterocycles. The minimum atomic E-state index is -0.566. The molecular weight excluding hydrogens is 578 g/mol. The standard InChI is InChI=1S/C19H15N3O2.C18H12N2O2/c1-13-12-16(23)21(14-8-4-2-5-9-14)18-17(13)19(24)22(20-18)15-10-6-3-7-11-15;19-12-16-15(13-7-3-1-4-8-13)11-17(21)20(18(16)22)14-9-5-2-6-10-14/h2-11H,12H2,1H3;1-10H,11H2. The number of carbonyl (C=O) groups excluding carboxylic acids is 4. The Morgan fingerprint density at radius 2 is 1.09 bits per heavy atom. The maximum absolute atomic E-state index is 12.8. The number of fused-ring (bicyclic) bond motifs is 1. The molecule has 46 heavy (non-hydrogen) atoms. The number of nitrogens with zero attached hydrogens (tertiary/aromatic N) is 5. The maximum atomic E-state index is 12.8. The number of rotatable bonds is 4. The highest BCUT2D eigenvalue weighted by atomic mass is 16.2. The van der Waals surface area contributed by atoms with Crippen LogP contribution in [0.5, 0.6) is 0 Å². The summed E-state index contributed by atoms with van der Waals surface area (Å²) in [6.07, 6.45) is 0.255. The van der Waals surface area contributed by atoms with E-state index >= 15 is 0 Å². The molecule has 3 aliphatic heterocycles. The fourth-order valence-electron chi connectivity index (χ4n) is 5.53. The van der Waals surface area contributed by atoms with Crippen molar-refractivity contribution in [1.29, 1.82) is 5.26 Å². The largest absolute Gasteiger partial charge is 0.282 e. The van der Waals surface area contributed by atoms with Gasteiger partial charge in [0, 0.05) is 6.42 Å². The third-order valence-corrected chi connectivity index (χ3v) is 7.69. The van der Waals surface area contributed by atoms with Crippen molar-refractivity contribution in [1.82, 2.24) is 0 Å². The molecule has 0 bridgehead atoms. The highest BCUT2D eigenvalue weighted by Crippen LogP contribution is 2.34. The lowest BCUT2D eigenvalue weighted by molar-refractivity contribution is -0.124. The number of hydrazone groups is 1. The molecule has 0 aliphatic carbocycles. The van der Waals surface area contributed by atoms with Crippen LogP contribution in [0.4, 0.5) is 17.1 Å². The van der Waals surface area contributed by atoms with Gasteiger partial charge in [0.15, 0.2) is 5.84 Å². The lowest BCUT2D eigenvalue weighted by atomic mass is 9.92. The summed E-state index contributed by atoms with van der Waals surface area (Å²) in [5.41, 5.74) is 4.40. The number of benzene rings is 4. The number of amidine groups is 1. The van der Waals surface area contributed by atoms with E-state index in [-0.39, 0.29) is 36.1 Å². The van der Waals surface area contributed by atoms with E-state index in [1.807, 2.05) is 91.9 Å². The Labute approximate surface area is 265 Å². The summed E-state index contributed by atoms with van der Waals surface area (Å²) >= 11 is 0. The van der Waals surface area contributed by atoms with Crippen molar-refractivity contribution < 1.29 is 19.2 Å². The van der Waals surface area contributed by atoms with Crippen LogP contribution in [0.25, 0.3) is 5.57 Å². The highest BCUT2D eigenvalue weighted by molar-refractivity contribution is 6.40. The number of hydrogen-bond acceptors (Lipinski definition) is 6. The van der Waals surface area contributed by atoms with Crippen molar-refractivity contribution in [2.24, 2.45) is 5.10 Å². The molecule has 9 nitrogen and oxygen atoms in total. The molecule has 9 heteroatoms. The zero-order chi connectivity index (χ0) is 32.2. The van der Waals surface area contributed by atoms with Crippen LogP contribution in [-0.4, -0.2) is 29.5 Å². The number of amides is 4. The molecule has 3 heterocycles. The molecule has 4 aromatic rings. The van der Waals surface area contributed by atoms with Crippen LogP contribution >= 0.6 is 0 Å².